The summed E-state index contributed by atoms with van der Waals surface area (Å²) in [4.78, 5) is 23.0. The number of amides is 2. The molecule has 2 N–H and O–H groups in total. The van der Waals surface area contributed by atoms with Crippen LogP contribution < -0.4 is 20.3 Å². The van der Waals surface area contributed by atoms with Gasteiger partial charge in [-0.2, -0.15) is 0 Å². The first-order chi connectivity index (χ1) is 10.1. The number of methoxy groups -OCH3 is 1. The molecule has 0 spiro atoms. The SMILES string of the molecule is CCOCC(=O)NNC(=O)C(C)Oc1ccc(OC)cc1. The molecule has 0 radical (unpaired) electrons. The van der Waals surface area contributed by atoms with Crippen molar-refractivity contribution in [2.75, 3.05) is 20.3 Å². The molecule has 1 aromatic rings. The van der Waals surface area contributed by atoms with Crippen LogP contribution in [0.3, 0.4) is 0 Å². The Labute approximate surface area is 123 Å². The van der Waals surface area contributed by atoms with E-state index in [9.17, 15) is 9.59 Å². The third kappa shape index (κ3) is 6.13. The van der Waals surface area contributed by atoms with Crippen LogP contribution in [-0.2, 0) is 14.3 Å². The Morgan fingerprint density at radius 1 is 1.14 bits per heavy atom. The molecule has 0 fully saturated rings. The van der Waals surface area contributed by atoms with Crippen molar-refractivity contribution < 1.29 is 23.8 Å². The summed E-state index contributed by atoms with van der Waals surface area (Å²) in [5.41, 5.74) is 4.50. The zero-order chi connectivity index (χ0) is 15.7. The molecule has 0 saturated heterocycles. The van der Waals surface area contributed by atoms with E-state index in [1.54, 1.807) is 45.2 Å². The predicted molar refractivity (Wildman–Crippen MR) is 75.9 cm³/mol. The fourth-order valence-corrected chi connectivity index (χ4v) is 1.38. The molecule has 0 bridgehead atoms. The average molecular weight is 296 g/mol. The van der Waals surface area contributed by atoms with Crippen LogP contribution in [0.4, 0.5) is 0 Å². The second kappa shape index (κ2) is 8.80. The number of hydrogen-bond acceptors (Lipinski definition) is 5. The van der Waals surface area contributed by atoms with Crippen molar-refractivity contribution in [2.24, 2.45) is 0 Å². The third-order valence-corrected chi connectivity index (χ3v) is 2.50. The van der Waals surface area contributed by atoms with Gasteiger partial charge in [0.25, 0.3) is 11.8 Å². The minimum atomic E-state index is -0.759. The van der Waals surface area contributed by atoms with Crippen LogP contribution in [0, 0.1) is 0 Å². The van der Waals surface area contributed by atoms with Gasteiger partial charge in [0, 0.05) is 6.61 Å². The van der Waals surface area contributed by atoms with Crippen molar-refractivity contribution in [3.8, 4) is 11.5 Å². The lowest BCUT2D eigenvalue weighted by Crippen LogP contribution is -2.48. The molecular weight excluding hydrogens is 276 g/mol. The van der Waals surface area contributed by atoms with Crippen LogP contribution in [0.2, 0.25) is 0 Å². The number of hydrazine groups is 1. The second-order valence-corrected chi connectivity index (χ2v) is 4.11. The fraction of sp³-hybridized carbons (Fsp3) is 0.429. The Morgan fingerprint density at radius 3 is 2.33 bits per heavy atom. The fourth-order valence-electron chi connectivity index (χ4n) is 1.38. The number of ether oxygens (including phenoxy) is 3. The van der Waals surface area contributed by atoms with Gasteiger partial charge >= 0.3 is 0 Å². The van der Waals surface area contributed by atoms with E-state index in [1.165, 1.54) is 0 Å². The molecule has 0 aliphatic carbocycles. The van der Waals surface area contributed by atoms with Gasteiger partial charge in [0.05, 0.1) is 7.11 Å². The topological polar surface area (TPSA) is 85.9 Å². The molecular formula is C14H20N2O5. The average Bonchev–Trinajstić information content (AvgIpc) is 2.51. The van der Waals surface area contributed by atoms with Crippen LogP contribution in [0.15, 0.2) is 24.3 Å². The van der Waals surface area contributed by atoms with E-state index in [4.69, 9.17) is 14.2 Å². The number of nitrogens with one attached hydrogen (secondary N) is 2. The van der Waals surface area contributed by atoms with E-state index >= 15 is 0 Å². The Bertz CT molecular complexity index is 461. The highest BCUT2D eigenvalue weighted by molar-refractivity contribution is 5.85. The van der Waals surface area contributed by atoms with Gasteiger partial charge in [0.2, 0.25) is 0 Å². The van der Waals surface area contributed by atoms with Crippen molar-refractivity contribution in [3.63, 3.8) is 0 Å². The first kappa shape index (κ1) is 16.8. The van der Waals surface area contributed by atoms with Gasteiger partial charge in [-0.15, -0.1) is 0 Å². The molecule has 116 valence electrons. The molecule has 0 heterocycles. The molecule has 21 heavy (non-hydrogen) atoms. The van der Waals surface area contributed by atoms with Crippen molar-refractivity contribution >= 4 is 11.8 Å². The summed E-state index contributed by atoms with van der Waals surface area (Å²) in [6.07, 6.45) is -0.759. The summed E-state index contributed by atoms with van der Waals surface area (Å²) in [6, 6.07) is 6.83. The molecule has 7 heteroatoms. The maximum Gasteiger partial charge on any atom is 0.279 e. The largest absolute Gasteiger partial charge is 0.497 e. The molecule has 0 aromatic heterocycles. The molecule has 1 unspecified atom stereocenters. The highest BCUT2D eigenvalue weighted by Crippen LogP contribution is 2.18. The molecule has 2 amide bonds. The Morgan fingerprint density at radius 2 is 1.76 bits per heavy atom. The smallest absolute Gasteiger partial charge is 0.279 e. The number of benzene rings is 1. The molecule has 7 nitrogen and oxygen atoms in total. The summed E-state index contributed by atoms with van der Waals surface area (Å²) in [7, 11) is 1.57. The van der Waals surface area contributed by atoms with Gasteiger partial charge in [-0.05, 0) is 38.1 Å². The maximum absolute atomic E-state index is 11.7. The van der Waals surface area contributed by atoms with E-state index in [0.29, 0.717) is 18.1 Å². The van der Waals surface area contributed by atoms with Crippen molar-refractivity contribution in [1.82, 2.24) is 10.9 Å². The van der Waals surface area contributed by atoms with Crippen molar-refractivity contribution in [1.29, 1.82) is 0 Å². The number of hydrogen-bond donors (Lipinski definition) is 2. The predicted octanol–water partition coefficient (Wildman–Crippen LogP) is 0.646. The Balaban J connectivity index is 2.37. The minimum Gasteiger partial charge on any atom is -0.497 e. The van der Waals surface area contributed by atoms with Gasteiger partial charge in [-0.25, -0.2) is 0 Å². The first-order valence-corrected chi connectivity index (χ1v) is 6.54. The highest BCUT2D eigenvalue weighted by atomic mass is 16.5. The van der Waals surface area contributed by atoms with Crippen LogP contribution in [0.1, 0.15) is 13.8 Å². The summed E-state index contributed by atoms with van der Waals surface area (Å²) < 4.78 is 15.4. The second-order valence-electron chi connectivity index (χ2n) is 4.11. The van der Waals surface area contributed by atoms with Crippen LogP contribution in [0.25, 0.3) is 0 Å². The van der Waals surface area contributed by atoms with E-state index < -0.39 is 17.9 Å². The lowest BCUT2D eigenvalue weighted by molar-refractivity contribution is -0.134. The lowest BCUT2D eigenvalue weighted by atomic mass is 10.3. The molecule has 0 aliphatic rings. The molecule has 0 aliphatic heterocycles. The quantitative estimate of drug-likeness (QED) is 0.721. The van der Waals surface area contributed by atoms with Crippen molar-refractivity contribution in [2.45, 2.75) is 20.0 Å². The normalized spacial score (nSPS) is 11.4. The van der Waals surface area contributed by atoms with Gasteiger partial charge in [0.15, 0.2) is 6.10 Å². The van der Waals surface area contributed by atoms with Crippen molar-refractivity contribution in [3.05, 3.63) is 24.3 Å². The zero-order valence-corrected chi connectivity index (χ0v) is 12.3. The summed E-state index contributed by atoms with van der Waals surface area (Å²) in [6.45, 7) is 3.67. The summed E-state index contributed by atoms with van der Waals surface area (Å²) >= 11 is 0. The highest BCUT2D eigenvalue weighted by Gasteiger charge is 2.15. The monoisotopic (exact) mass is 296 g/mol. The molecule has 0 saturated carbocycles. The minimum absolute atomic E-state index is 0.107. The van der Waals surface area contributed by atoms with Crippen LogP contribution >= 0.6 is 0 Å². The van der Waals surface area contributed by atoms with E-state index in [0.717, 1.165) is 0 Å². The van der Waals surface area contributed by atoms with Crippen LogP contribution in [0.5, 0.6) is 11.5 Å². The van der Waals surface area contributed by atoms with Gasteiger partial charge < -0.3 is 14.2 Å². The zero-order valence-electron chi connectivity index (χ0n) is 12.3. The van der Waals surface area contributed by atoms with Crippen LogP contribution in [-0.4, -0.2) is 38.2 Å². The molecule has 1 atom stereocenters. The number of carbonyl (C=O) groups is 2. The Hall–Kier alpha value is -2.28. The van der Waals surface area contributed by atoms with E-state index in [2.05, 4.69) is 10.9 Å². The number of rotatable bonds is 7. The molecule has 1 aromatic carbocycles. The molecule has 1 rings (SSSR count). The summed E-state index contributed by atoms with van der Waals surface area (Å²) in [5.74, 6) is 0.333. The van der Waals surface area contributed by atoms with E-state index in [-0.39, 0.29) is 6.61 Å². The third-order valence-electron chi connectivity index (χ3n) is 2.50. The Kier molecular flexibility index (Phi) is 7.03. The standard InChI is InChI=1S/C14H20N2O5/c1-4-20-9-13(17)15-16-14(18)10(2)21-12-7-5-11(19-3)6-8-12/h5-8,10H,4,9H2,1-3H3,(H,15,17)(H,16,18). The van der Waals surface area contributed by atoms with Gasteiger partial charge in [-0.1, -0.05) is 0 Å². The lowest BCUT2D eigenvalue weighted by Gasteiger charge is -2.15. The van der Waals surface area contributed by atoms with E-state index in [1.807, 2.05) is 0 Å². The van der Waals surface area contributed by atoms with Gasteiger partial charge in [-0.3, -0.25) is 20.4 Å². The summed E-state index contributed by atoms with van der Waals surface area (Å²) in [5, 5.41) is 0. The number of carbonyl (C=O) groups excluding carboxylic acids is 2. The maximum atomic E-state index is 11.7. The first-order valence-electron chi connectivity index (χ1n) is 6.54. The van der Waals surface area contributed by atoms with Gasteiger partial charge in [0.1, 0.15) is 18.1 Å².